The maximum atomic E-state index is 2.49. The van der Waals surface area contributed by atoms with Crippen molar-refractivity contribution >= 4 is 23.6 Å². The summed E-state index contributed by atoms with van der Waals surface area (Å²) in [4.78, 5) is 0. The second-order valence-corrected chi connectivity index (χ2v) is 13.7. The van der Waals surface area contributed by atoms with Gasteiger partial charge in [-0.2, -0.15) is 0 Å². The fourth-order valence-corrected chi connectivity index (χ4v) is 12.8. The quantitative estimate of drug-likeness (QED) is 0.326. The van der Waals surface area contributed by atoms with Crippen LogP contribution in [0.3, 0.4) is 0 Å². The van der Waals surface area contributed by atoms with Crippen molar-refractivity contribution in [2.45, 2.75) is 60.9 Å². The van der Waals surface area contributed by atoms with Crippen molar-refractivity contribution in [3.63, 3.8) is 0 Å². The highest BCUT2D eigenvalue weighted by molar-refractivity contribution is 7.13. The van der Waals surface area contributed by atoms with Gasteiger partial charge in [-0.3, -0.25) is 0 Å². The summed E-state index contributed by atoms with van der Waals surface area (Å²) in [6.07, 6.45) is 0. The molecule has 0 aromatic heterocycles. The predicted molar refractivity (Wildman–Crippen MR) is 143 cm³/mol. The third kappa shape index (κ3) is 3.35. The molecule has 0 saturated heterocycles. The van der Waals surface area contributed by atoms with E-state index in [0.717, 1.165) is 0 Å². The van der Waals surface area contributed by atoms with E-state index in [-0.39, 0.29) is 0 Å². The summed E-state index contributed by atoms with van der Waals surface area (Å²) in [5.41, 5.74) is 12.0. The molecule has 0 radical (unpaired) electrons. The van der Waals surface area contributed by atoms with Gasteiger partial charge >= 0.3 is 0 Å². The molecule has 0 amide bonds. The van der Waals surface area contributed by atoms with Crippen molar-refractivity contribution in [1.82, 2.24) is 0 Å². The summed E-state index contributed by atoms with van der Waals surface area (Å²) in [5, 5.41) is 4.63. The Hall–Kier alpha value is -2.64. The molecule has 0 saturated carbocycles. The maximum Gasteiger partial charge on any atom is 0.159 e. The minimum absolute atomic E-state index is 0.422. The van der Waals surface area contributed by atoms with Gasteiger partial charge in [0.2, 0.25) is 0 Å². The standard InChI is InChI=1S/C31H36Si/c1-20-17-21(2)19-28(18-20)32(29-15-11-9-13-22(29)3,30-16-12-10-14-23(30)4)31-26(7)24(5)25(6)27(31)8/h9-19,31H,1-8H3. The Balaban J connectivity index is 2.27. The van der Waals surface area contributed by atoms with Crippen LogP contribution in [0.25, 0.3) is 0 Å². The van der Waals surface area contributed by atoms with Crippen LogP contribution < -0.4 is 15.6 Å². The van der Waals surface area contributed by atoms with E-state index in [2.05, 4.69) is 122 Å². The van der Waals surface area contributed by atoms with Crippen LogP contribution >= 0.6 is 0 Å². The summed E-state index contributed by atoms with van der Waals surface area (Å²) < 4.78 is 0. The number of allylic oxidation sites excluding steroid dienone is 4. The maximum absolute atomic E-state index is 2.49. The van der Waals surface area contributed by atoms with Gasteiger partial charge in [0.1, 0.15) is 0 Å². The molecule has 3 aromatic carbocycles. The third-order valence-corrected chi connectivity index (χ3v) is 13.6. The zero-order valence-electron chi connectivity index (χ0n) is 20.9. The lowest BCUT2D eigenvalue weighted by Gasteiger charge is -2.43. The molecule has 0 heterocycles. The molecule has 0 atom stereocenters. The van der Waals surface area contributed by atoms with Gasteiger partial charge in [0.25, 0.3) is 0 Å². The molecule has 0 spiro atoms. The first-order valence-corrected chi connectivity index (χ1v) is 13.8. The lowest BCUT2D eigenvalue weighted by Crippen LogP contribution is -2.71. The first kappa shape index (κ1) is 22.5. The molecule has 1 aliphatic carbocycles. The molecule has 0 unspecified atom stereocenters. The number of aryl methyl sites for hydroxylation is 4. The fraction of sp³-hybridized carbons (Fsp3) is 0.290. The van der Waals surface area contributed by atoms with Crippen molar-refractivity contribution in [2.24, 2.45) is 0 Å². The van der Waals surface area contributed by atoms with Crippen molar-refractivity contribution in [1.29, 1.82) is 0 Å². The van der Waals surface area contributed by atoms with Crippen molar-refractivity contribution < 1.29 is 0 Å². The van der Waals surface area contributed by atoms with Crippen LogP contribution in [0.2, 0.25) is 5.54 Å². The zero-order chi connectivity index (χ0) is 23.2. The average molecular weight is 437 g/mol. The van der Waals surface area contributed by atoms with Crippen LogP contribution in [-0.2, 0) is 0 Å². The molecule has 0 nitrogen and oxygen atoms in total. The van der Waals surface area contributed by atoms with Gasteiger partial charge in [-0.1, -0.05) is 100 Å². The van der Waals surface area contributed by atoms with E-state index in [1.165, 1.54) is 38.6 Å². The first-order chi connectivity index (χ1) is 15.2. The Kier molecular flexibility index (Phi) is 5.90. The first-order valence-electron chi connectivity index (χ1n) is 11.8. The molecule has 1 heteroatoms. The van der Waals surface area contributed by atoms with E-state index in [1.54, 1.807) is 21.5 Å². The van der Waals surface area contributed by atoms with Gasteiger partial charge in [0.05, 0.1) is 0 Å². The molecule has 32 heavy (non-hydrogen) atoms. The lowest BCUT2D eigenvalue weighted by molar-refractivity contribution is 1.09. The van der Waals surface area contributed by atoms with Gasteiger partial charge in [-0.15, -0.1) is 0 Å². The van der Waals surface area contributed by atoms with Gasteiger partial charge in [-0.05, 0) is 82.1 Å². The SMILES string of the molecule is CC1=C(C)C([Si](c2cc(C)cc(C)c2)(c2ccccc2C)c2ccccc2C)C(C)=C1C. The largest absolute Gasteiger partial charge is 0.159 e. The molecule has 0 fully saturated rings. The smallest absolute Gasteiger partial charge is 0.0647 e. The molecule has 0 bridgehead atoms. The number of benzene rings is 3. The number of hydrogen-bond acceptors (Lipinski definition) is 0. The van der Waals surface area contributed by atoms with Crippen LogP contribution in [0.1, 0.15) is 49.9 Å². The van der Waals surface area contributed by atoms with Gasteiger partial charge in [0.15, 0.2) is 8.07 Å². The minimum Gasteiger partial charge on any atom is -0.0647 e. The summed E-state index contributed by atoms with van der Waals surface area (Å²) in [6, 6.07) is 25.6. The molecular weight excluding hydrogens is 400 g/mol. The molecule has 4 rings (SSSR count). The summed E-state index contributed by atoms with van der Waals surface area (Å²) in [5.74, 6) is 0. The third-order valence-electron chi connectivity index (χ3n) is 7.86. The molecule has 1 aliphatic rings. The highest BCUT2D eigenvalue weighted by Crippen LogP contribution is 2.46. The molecular formula is C31H36Si. The van der Waals surface area contributed by atoms with Gasteiger partial charge in [0, 0.05) is 5.54 Å². The van der Waals surface area contributed by atoms with Gasteiger partial charge < -0.3 is 0 Å². The molecule has 3 aromatic rings. The van der Waals surface area contributed by atoms with Crippen molar-refractivity contribution in [3.05, 3.63) is 111 Å². The van der Waals surface area contributed by atoms with Crippen LogP contribution in [0, 0.1) is 27.7 Å². The van der Waals surface area contributed by atoms with E-state index in [9.17, 15) is 0 Å². The summed E-state index contributed by atoms with van der Waals surface area (Å²) in [7, 11) is -2.47. The lowest BCUT2D eigenvalue weighted by atomic mass is 10.1. The topological polar surface area (TPSA) is 0 Å². The Morgan fingerprint density at radius 2 is 0.938 bits per heavy atom. The van der Waals surface area contributed by atoms with Gasteiger partial charge in [-0.25, -0.2) is 0 Å². The molecule has 0 N–H and O–H groups in total. The van der Waals surface area contributed by atoms with Crippen LogP contribution in [0.5, 0.6) is 0 Å². The number of rotatable bonds is 4. The van der Waals surface area contributed by atoms with E-state index < -0.39 is 8.07 Å². The second-order valence-electron chi connectivity index (χ2n) is 9.86. The molecule has 164 valence electrons. The molecule has 0 aliphatic heterocycles. The highest BCUT2D eigenvalue weighted by Gasteiger charge is 2.51. The van der Waals surface area contributed by atoms with Crippen molar-refractivity contribution in [2.75, 3.05) is 0 Å². The van der Waals surface area contributed by atoms with E-state index in [0.29, 0.717) is 5.54 Å². The van der Waals surface area contributed by atoms with E-state index in [4.69, 9.17) is 0 Å². The fourth-order valence-electron chi connectivity index (χ4n) is 6.17. The predicted octanol–water partition coefficient (Wildman–Crippen LogP) is 6.45. The monoisotopic (exact) mass is 436 g/mol. The summed E-state index contributed by atoms with van der Waals surface area (Å²) in [6.45, 7) is 18.6. The summed E-state index contributed by atoms with van der Waals surface area (Å²) >= 11 is 0. The average Bonchev–Trinajstić information content (AvgIpc) is 2.94. The number of hydrogen-bond donors (Lipinski definition) is 0. The minimum atomic E-state index is -2.47. The van der Waals surface area contributed by atoms with Crippen LogP contribution in [0.15, 0.2) is 89.0 Å². The normalized spacial score (nSPS) is 15.1. The Morgan fingerprint density at radius 3 is 1.34 bits per heavy atom. The van der Waals surface area contributed by atoms with Crippen LogP contribution in [-0.4, -0.2) is 8.07 Å². The Morgan fingerprint density at radius 1 is 0.531 bits per heavy atom. The Bertz CT molecular complexity index is 1170. The van der Waals surface area contributed by atoms with E-state index >= 15 is 0 Å². The highest BCUT2D eigenvalue weighted by atomic mass is 28.3. The van der Waals surface area contributed by atoms with Crippen LogP contribution in [0.4, 0.5) is 0 Å². The second kappa shape index (κ2) is 8.37. The van der Waals surface area contributed by atoms with E-state index in [1.807, 2.05) is 0 Å². The zero-order valence-corrected chi connectivity index (χ0v) is 21.9. The van der Waals surface area contributed by atoms with Crippen molar-refractivity contribution in [3.8, 4) is 0 Å². The Labute approximate surface area is 195 Å².